The fraction of sp³-hybridized carbons (Fsp3) is 0.417. The standard InChI is InChI=1S/C12H16O4/c1-3-15-12(14)9(2)16-11-7-5-4-6-10(11)8-13/h4-7,9,13H,3,8H2,1-2H3. The molecule has 0 aliphatic heterocycles. The third kappa shape index (κ3) is 3.24. The molecule has 1 aromatic carbocycles. The number of aliphatic hydroxyl groups excluding tert-OH is 1. The second kappa shape index (κ2) is 6.12. The Labute approximate surface area is 94.8 Å². The van der Waals surface area contributed by atoms with Crippen LogP contribution in [0.5, 0.6) is 5.75 Å². The largest absolute Gasteiger partial charge is 0.479 e. The highest BCUT2D eigenvalue weighted by molar-refractivity contribution is 5.74. The van der Waals surface area contributed by atoms with Gasteiger partial charge in [0.2, 0.25) is 0 Å². The van der Waals surface area contributed by atoms with Crippen molar-refractivity contribution in [3.63, 3.8) is 0 Å². The molecule has 88 valence electrons. The lowest BCUT2D eigenvalue weighted by molar-refractivity contribution is -0.150. The van der Waals surface area contributed by atoms with Gasteiger partial charge in [-0.15, -0.1) is 0 Å². The van der Waals surface area contributed by atoms with Crippen molar-refractivity contribution >= 4 is 5.97 Å². The highest BCUT2D eigenvalue weighted by Crippen LogP contribution is 2.19. The maximum atomic E-state index is 11.3. The highest BCUT2D eigenvalue weighted by atomic mass is 16.6. The van der Waals surface area contributed by atoms with Gasteiger partial charge in [0.1, 0.15) is 5.75 Å². The molecule has 0 aromatic heterocycles. The zero-order valence-electron chi connectivity index (χ0n) is 9.47. The first-order valence-electron chi connectivity index (χ1n) is 5.21. The molecule has 1 unspecified atom stereocenters. The van der Waals surface area contributed by atoms with Crippen molar-refractivity contribution in [1.82, 2.24) is 0 Å². The summed E-state index contributed by atoms with van der Waals surface area (Å²) in [5.41, 5.74) is 0.652. The van der Waals surface area contributed by atoms with Crippen molar-refractivity contribution < 1.29 is 19.4 Å². The van der Waals surface area contributed by atoms with E-state index in [2.05, 4.69) is 0 Å². The van der Waals surface area contributed by atoms with Crippen molar-refractivity contribution in [2.24, 2.45) is 0 Å². The van der Waals surface area contributed by atoms with E-state index in [4.69, 9.17) is 14.6 Å². The maximum absolute atomic E-state index is 11.3. The minimum Gasteiger partial charge on any atom is -0.479 e. The van der Waals surface area contributed by atoms with Crippen LogP contribution in [0.15, 0.2) is 24.3 Å². The van der Waals surface area contributed by atoms with Gasteiger partial charge >= 0.3 is 5.97 Å². The number of para-hydroxylation sites is 1. The summed E-state index contributed by atoms with van der Waals surface area (Å²) in [6, 6.07) is 7.04. The molecule has 0 bridgehead atoms. The first-order chi connectivity index (χ1) is 7.69. The van der Waals surface area contributed by atoms with Crippen LogP contribution in [-0.4, -0.2) is 23.8 Å². The van der Waals surface area contributed by atoms with Gasteiger partial charge in [-0.25, -0.2) is 4.79 Å². The monoisotopic (exact) mass is 224 g/mol. The molecule has 0 spiro atoms. The van der Waals surface area contributed by atoms with Gasteiger partial charge in [-0.05, 0) is 19.9 Å². The molecule has 0 heterocycles. The van der Waals surface area contributed by atoms with Gasteiger partial charge < -0.3 is 14.6 Å². The van der Waals surface area contributed by atoms with Crippen molar-refractivity contribution in [3.8, 4) is 5.75 Å². The number of aliphatic hydroxyl groups is 1. The number of rotatable bonds is 5. The number of hydrogen-bond acceptors (Lipinski definition) is 4. The minimum absolute atomic E-state index is 0.119. The van der Waals surface area contributed by atoms with E-state index in [1.54, 1.807) is 38.1 Å². The van der Waals surface area contributed by atoms with E-state index < -0.39 is 12.1 Å². The number of ether oxygens (including phenoxy) is 2. The summed E-state index contributed by atoms with van der Waals surface area (Å²) in [7, 11) is 0. The van der Waals surface area contributed by atoms with Crippen LogP contribution in [0.2, 0.25) is 0 Å². The lowest BCUT2D eigenvalue weighted by atomic mass is 10.2. The number of benzene rings is 1. The Morgan fingerprint density at radius 1 is 1.44 bits per heavy atom. The summed E-state index contributed by atoms with van der Waals surface area (Å²) in [5, 5.41) is 9.08. The average molecular weight is 224 g/mol. The Hall–Kier alpha value is -1.55. The maximum Gasteiger partial charge on any atom is 0.347 e. The Balaban J connectivity index is 2.68. The van der Waals surface area contributed by atoms with Crippen molar-refractivity contribution in [2.75, 3.05) is 6.61 Å². The summed E-state index contributed by atoms with van der Waals surface area (Å²) in [5.74, 6) is 0.0980. The normalized spacial score (nSPS) is 11.9. The molecule has 0 saturated heterocycles. The predicted octanol–water partition coefficient (Wildman–Crippen LogP) is 1.51. The summed E-state index contributed by atoms with van der Waals surface area (Å²) in [6.45, 7) is 3.57. The molecule has 0 aliphatic rings. The van der Waals surface area contributed by atoms with E-state index in [0.29, 0.717) is 17.9 Å². The fourth-order valence-electron chi connectivity index (χ4n) is 1.25. The molecule has 1 atom stereocenters. The van der Waals surface area contributed by atoms with Crippen LogP contribution in [-0.2, 0) is 16.1 Å². The summed E-state index contributed by atoms with van der Waals surface area (Å²) < 4.78 is 10.2. The molecule has 0 radical (unpaired) electrons. The second-order valence-electron chi connectivity index (χ2n) is 3.28. The lowest BCUT2D eigenvalue weighted by Gasteiger charge is -2.15. The van der Waals surface area contributed by atoms with E-state index in [-0.39, 0.29) is 6.61 Å². The minimum atomic E-state index is -0.673. The van der Waals surface area contributed by atoms with E-state index in [0.717, 1.165) is 0 Å². The molecule has 1 rings (SSSR count). The first-order valence-corrected chi connectivity index (χ1v) is 5.21. The van der Waals surface area contributed by atoms with Crippen LogP contribution in [0.1, 0.15) is 19.4 Å². The zero-order valence-corrected chi connectivity index (χ0v) is 9.47. The molecular formula is C12H16O4. The quantitative estimate of drug-likeness (QED) is 0.770. The molecule has 0 aliphatic carbocycles. The number of carbonyl (C=O) groups excluding carboxylic acids is 1. The molecule has 4 heteroatoms. The van der Waals surface area contributed by atoms with Crippen LogP contribution in [0.25, 0.3) is 0 Å². The second-order valence-corrected chi connectivity index (χ2v) is 3.28. The Morgan fingerprint density at radius 2 is 2.12 bits per heavy atom. The predicted molar refractivity (Wildman–Crippen MR) is 59.1 cm³/mol. The van der Waals surface area contributed by atoms with E-state index >= 15 is 0 Å². The van der Waals surface area contributed by atoms with Crippen molar-refractivity contribution in [2.45, 2.75) is 26.6 Å². The molecule has 1 aromatic rings. The first kappa shape index (κ1) is 12.5. The summed E-state index contributed by atoms with van der Waals surface area (Å²) >= 11 is 0. The van der Waals surface area contributed by atoms with E-state index in [9.17, 15) is 4.79 Å². The summed E-state index contributed by atoms with van der Waals surface area (Å²) in [4.78, 5) is 11.3. The molecule has 0 saturated carbocycles. The Kier molecular flexibility index (Phi) is 4.79. The van der Waals surface area contributed by atoms with Crippen LogP contribution < -0.4 is 4.74 Å². The SMILES string of the molecule is CCOC(=O)C(C)Oc1ccccc1CO. The van der Waals surface area contributed by atoms with Gasteiger partial charge in [0.25, 0.3) is 0 Å². The molecular weight excluding hydrogens is 208 g/mol. The van der Waals surface area contributed by atoms with Crippen LogP contribution in [0.4, 0.5) is 0 Å². The third-order valence-electron chi connectivity index (χ3n) is 2.07. The Morgan fingerprint density at radius 3 is 2.75 bits per heavy atom. The highest BCUT2D eigenvalue weighted by Gasteiger charge is 2.16. The molecule has 1 N–H and O–H groups in total. The number of hydrogen-bond donors (Lipinski definition) is 1. The van der Waals surface area contributed by atoms with Gasteiger partial charge in [-0.1, -0.05) is 18.2 Å². The van der Waals surface area contributed by atoms with Gasteiger partial charge in [0.15, 0.2) is 6.10 Å². The van der Waals surface area contributed by atoms with Gasteiger partial charge in [0, 0.05) is 5.56 Å². The average Bonchev–Trinajstić information content (AvgIpc) is 2.30. The third-order valence-corrected chi connectivity index (χ3v) is 2.07. The van der Waals surface area contributed by atoms with Gasteiger partial charge in [-0.3, -0.25) is 0 Å². The van der Waals surface area contributed by atoms with Crippen LogP contribution in [0.3, 0.4) is 0 Å². The topological polar surface area (TPSA) is 55.8 Å². The molecule has 4 nitrogen and oxygen atoms in total. The zero-order chi connectivity index (χ0) is 12.0. The number of carbonyl (C=O) groups is 1. The van der Waals surface area contributed by atoms with Crippen LogP contribution >= 0.6 is 0 Å². The van der Waals surface area contributed by atoms with Crippen molar-refractivity contribution in [3.05, 3.63) is 29.8 Å². The van der Waals surface area contributed by atoms with E-state index in [1.807, 2.05) is 0 Å². The Bertz CT molecular complexity index is 349. The fourth-order valence-corrected chi connectivity index (χ4v) is 1.25. The molecule has 0 fully saturated rings. The molecule has 0 amide bonds. The molecule has 16 heavy (non-hydrogen) atoms. The number of esters is 1. The van der Waals surface area contributed by atoms with Gasteiger partial charge in [0.05, 0.1) is 13.2 Å². The van der Waals surface area contributed by atoms with E-state index in [1.165, 1.54) is 0 Å². The van der Waals surface area contributed by atoms with Crippen LogP contribution in [0, 0.1) is 0 Å². The van der Waals surface area contributed by atoms with Crippen molar-refractivity contribution in [1.29, 1.82) is 0 Å². The summed E-state index contributed by atoms with van der Waals surface area (Å²) in [6.07, 6.45) is -0.673. The van der Waals surface area contributed by atoms with Gasteiger partial charge in [-0.2, -0.15) is 0 Å². The lowest BCUT2D eigenvalue weighted by Crippen LogP contribution is -2.26. The smallest absolute Gasteiger partial charge is 0.347 e.